The number of anilines is 1. The Kier molecular flexibility index (Phi) is 7.08. The minimum absolute atomic E-state index is 0.0630. The number of urea groups is 1. The molecule has 0 unspecified atom stereocenters. The largest absolute Gasteiger partial charge is 0.465 e. The Balaban J connectivity index is 1.35. The fraction of sp³-hybridized carbons (Fsp3) is 0.385. The first-order valence-corrected chi connectivity index (χ1v) is 11.2. The molecule has 1 N–H and O–H groups in total. The van der Waals surface area contributed by atoms with E-state index in [1.54, 1.807) is 18.2 Å². The van der Waals surface area contributed by atoms with Crippen molar-refractivity contribution in [3.8, 4) is 11.8 Å². The highest BCUT2D eigenvalue weighted by atomic mass is 16.5. The second-order valence-electron chi connectivity index (χ2n) is 8.29. The van der Waals surface area contributed by atoms with Gasteiger partial charge in [-0.1, -0.05) is 36.8 Å². The normalized spacial score (nSPS) is 16.8. The van der Waals surface area contributed by atoms with Crippen molar-refractivity contribution in [1.29, 1.82) is 0 Å². The van der Waals surface area contributed by atoms with Crippen molar-refractivity contribution in [3.05, 3.63) is 65.2 Å². The molecular formula is C26H29N3O3. The van der Waals surface area contributed by atoms with Crippen LogP contribution in [0.3, 0.4) is 0 Å². The van der Waals surface area contributed by atoms with Crippen LogP contribution in [0.1, 0.15) is 47.2 Å². The lowest BCUT2D eigenvalue weighted by molar-refractivity contribution is 0.0600. The average Bonchev–Trinajstić information content (AvgIpc) is 3.38. The fourth-order valence-corrected chi connectivity index (χ4v) is 4.42. The highest BCUT2D eigenvalue weighted by Crippen LogP contribution is 2.24. The maximum atomic E-state index is 12.7. The van der Waals surface area contributed by atoms with E-state index in [1.807, 2.05) is 35.2 Å². The van der Waals surface area contributed by atoms with Crippen LogP contribution in [0.15, 0.2) is 48.5 Å². The number of carbonyl (C=O) groups is 2. The molecule has 0 atom stereocenters. The SMILES string of the molecule is COC(=O)c1cccc(C#Cc2cccc(NC(=O)N3CCN(C4CCCC4)CC3)c2)c1. The second-order valence-corrected chi connectivity index (χ2v) is 8.29. The summed E-state index contributed by atoms with van der Waals surface area (Å²) >= 11 is 0. The summed E-state index contributed by atoms with van der Waals surface area (Å²) in [6, 6.07) is 15.2. The molecule has 0 radical (unpaired) electrons. The van der Waals surface area contributed by atoms with Crippen LogP contribution in [0.4, 0.5) is 10.5 Å². The number of esters is 1. The van der Waals surface area contributed by atoms with Crippen molar-refractivity contribution < 1.29 is 14.3 Å². The topological polar surface area (TPSA) is 61.9 Å². The molecule has 0 spiro atoms. The number of amides is 2. The van der Waals surface area contributed by atoms with Gasteiger partial charge in [0, 0.05) is 49.0 Å². The maximum Gasteiger partial charge on any atom is 0.337 e. The Morgan fingerprint density at radius 2 is 1.59 bits per heavy atom. The number of methoxy groups -OCH3 is 1. The predicted molar refractivity (Wildman–Crippen MR) is 125 cm³/mol. The van der Waals surface area contributed by atoms with Gasteiger partial charge in [0.2, 0.25) is 0 Å². The van der Waals surface area contributed by atoms with Crippen LogP contribution in [0, 0.1) is 11.8 Å². The third kappa shape index (κ3) is 5.49. The number of ether oxygens (including phenoxy) is 1. The molecule has 2 amide bonds. The van der Waals surface area contributed by atoms with Gasteiger partial charge in [-0.2, -0.15) is 0 Å². The minimum atomic E-state index is -0.387. The van der Waals surface area contributed by atoms with Gasteiger partial charge in [-0.3, -0.25) is 4.90 Å². The first kappa shape index (κ1) is 21.9. The van der Waals surface area contributed by atoms with Crippen molar-refractivity contribution in [2.24, 2.45) is 0 Å². The van der Waals surface area contributed by atoms with Crippen LogP contribution in [0.25, 0.3) is 0 Å². The number of hydrogen-bond acceptors (Lipinski definition) is 4. The van der Waals surface area contributed by atoms with Gasteiger partial charge >= 0.3 is 12.0 Å². The highest BCUT2D eigenvalue weighted by Gasteiger charge is 2.27. The van der Waals surface area contributed by atoms with Crippen molar-refractivity contribution in [2.45, 2.75) is 31.7 Å². The summed E-state index contributed by atoms with van der Waals surface area (Å²) < 4.78 is 4.75. The molecular weight excluding hydrogens is 402 g/mol. The molecule has 166 valence electrons. The zero-order valence-corrected chi connectivity index (χ0v) is 18.5. The Morgan fingerprint density at radius 1 is 0.938 bits per heavy atom. The first-order chi connectivity index (χ1) is 15.6. The summed E-state index contributed by atoms with van der Waals surface area (Å²) in [6.07, 6.45) is 5.27. The van der Waals surface area contributed by atoms with Crippen LogP contribution in [0.2, 0.25) is 0 Å². The van der Waals surface area contributed by atoms with Gasteiger partial charge in [-0.15, -0.1) is 0 Å². The number of nitrogens with one attached hydrogen (secondary N) is 1. The van der Waals surface area contributed by atoms with E-state index in [1.165, 1.54) is 32.8 Å². The zero-order chi connectivity index (χ0) is 22.3. The zero-order valence-electron chi connectivity index (χ0n) is 18.5. The Morgan fingerprint density at radius 3 is 2.28 bits per heavy atom. The Bertz CT molecular complexity index is 1030. The van der Waals surface area contributed by atoms with Crippen molar-refractivity contribution >= 4 is 17.7 Å². The van der Waals surface area contributed by atoms with E-state index in [0.717, 1.165) is 43.0 Å². The summed E-state index contributed by atoms with van der Waals surface area (Å²) in [7, 11) is 1.36. The molecule has 2 fully saturated rings. The molecule has 2 aromatic carbocycles. The van der Waals surface area contributed by atoms with Crippen LogP contribution in [-0.2, 0) is 4.74 Å². The molecule has 32 heavy (non-hydrogen) atoms. The lowest BCUT2D eigenvalue weighted by Gasteiger charge is -2.38. The molecule has 1 aliphatic heterocycles. The molecule has 1 saturated heterocycles. The van der Waals surface area contributed by atoms with Crippen LogP contribution in [0.5, 0.6) is 0 Å². The second kappa shape index (κ2) is 10.3. The summed E-state index contributed by atoms with van der Waals surface area (Å²) in [5, 5.41) is 3.01. The van der Waals surface area contributed by atoms with Gasteiger partial charge in [0.25, 0.3) is 0 Å². The summed E-state index contributed by atoms with van der Waals surface area (Å²) in [6.45, 7) is 3.43. The van der Waals surface area contributed by atoms with Crippen molar-refractivity contribution in [2.75, 3.05) is 38.6 Å². The van der Waals surface area contributed by atoms with E-state index in [9.17, 15) is 9.59 Å². The first-order valence-electron chi connectivity index (χ1n) is 11.2. The van der Waals surface area contributed by atoms with Gasteiger partial charge in [0.05, 0.1) is 12.7 Å². The van der Waals surface area contributed by atoms with Crippen LogP contribution < -0.4 is 5.32 Å². The van der Waals surface area contributed by atoms with Crippen LogP contribution >= 0.6 is 0 Å². The van der Waals surface area contributed by atoms with Crippen molar-refractivity contribution in [1.82, 2.24) is 9.80 Å². The highest BCUT2D eigenvalue weighted by molar-refractivity contribution is 5.90. The Hall–Kier alpha value is -3.30. The predicted octanol–water partition coefficient (Wildman–Crippen LogP) is 3.97. The monoisotopic (exact) mass is 431 g/mol. The van der Waals surface area contributed by atoms with E-state index in [-0.39, 0.29) is 12.0 Å². The van der Waals surface area contributed by atoms with E-state index in [0.29, 0.717) is 11.6 Å². The smallest absolute Gasteiger partial charge is 0.337 e. The average molecular weight is 432 g/mol. The maximum absolute atomic E-state index is 12.7. The summed E-state index contributed by atoms with van der Waals surface area (Å²) in [4.78, 5) is 28.9. The lowest BCUT2D eigenvalue weighted by atomic mass is 10.1. The number of piperazine rings is 1. The quantitative estimate of drug-likeness (QED) is 0.590. The van der Waals surface area contributed by atoms with Crippen LogP contribution in [-0.4, -0.2) is 61.1 Å². The molecule has 6 nitrogen and oxygen atoms in total. The molecule has 1 heterocycles. The molecule has 2 aromatic rings. The third-order valence-electron chi connectivity index (χ3n) is 6.19. The van der Waals surface area contributed by atoms with E-state index >= 15 is 0 Å². The fourth-order valence-electron chi connectivity index (χ4n) is 4.42. The minimum Gasteiger partial charge on any atom is -0.465 e. The van der Waals surface area contributed by atoms with Gasteiger partial charge in [-0.25, -0.2) is 9.59 Å². The molecule has 0 bridgehead atoms. The molecule has 2 aliphatic rings. The van der Waals surface area contributed by atoms with E-state index in [2.05, 4.69) is 22.1 Å². The number of rotatable bonds is 3. The number of benzene rings is 2. The van der Waals surface area contributed by atoms with Crippen molar-refractivity contribution in [3.63, 3.8) is 0 Å². The number of nitrogens with zero attached hydrogens (tertiary/aromatic N) is 2. The molecule has 0 aromatic heterocycles. The molecule has 4 rings (SSSR count). The molecule has 1 aliphatic carbocycles. The summed E-state index contributed by atoms with van der Waals surface area (Å²) in [5.74, 6) is 5.78. The standard InChI is InChI=1S/C26H29N3O3/c1-32-25(30)22-8-4-6-20(18-22)12-13-21-7-5-9-23(19-21)27-26(31)29-16-14-28(15-17-29)24-10-2-3-11-24/h4-9,18-19,24H,2-3,10-11,14-17H2,1H3,(H,27,31). The lowest BCUT2D eigenvalue weighted by Crippen LogP contribution is -2.52. The Labute approximate surface area is 189 Å². The van der Waals surface area contributed by atoms with Gasteiger partial charge in [-0.05, 0) is 49.2 Å². The number of hydrogen-bond donors (Lipinski definition) is 1. The summed E-state index contributed by atoms with van der Waals surface area (Å²) in [5.41, 5.74) is 2.71. The van der Waals surface area contributed by atoms with E-state index < -0.39 is 0 Å². The molecule has 6 heteroatoms. The van der Waals surface area contributed by atoms with Gasteiger partial charge in [0.15, 0.2) is 0 Å². The molecule has 1 saturated carbocycles. The van der Waals surface area contributed by atoms with Gasteiger partial charge in [0.1, 0.15) is 0 Å². The van der Waals surface area contributed by atoms with Gasteiger partial charge < -0.3 is 15.0 Å². The van der Waals surface area contributed by atoms with E-state index in [4.69, 9.17) is 4.74 Å². The number of carbonyl (C=O) groups excluding carboxylic acids is 2. The third-order valence-corrected chi connectivity index (χ3v) is 6.19.